The average Bonchev–Trinajstić information content (AvgIpc) is 3.27. The first kappa shape index (κ1) is 18.1. The Kier molecular flexibility index (Phi) is 4.09. The Morgan fingerprint density at radius 3 is 2.56 bits per heavy atom. The van der Waals surface area contributed by atoms with E-state index in [0.29, 0.717) is 11.5 Å². The molecule has 2 aliphatic carbocycles. The fraction of sp³-hybridized carbons (Fsp3) is 0.545. The van der Waals surface area contributed by atoms with E-state index in [-0.39, 0.29) is 17.9 Å². The normalized spacial score (nSPS) is 25.6. The number of hydrogen-bond donors (Lipinski definition) is 0. The zero-order valence-corrected chi connectivity index (χ0v) is 16.8. The van der Waals surface area contributed by atoms with Crippen LogP contribution in [0.15, 0.2) is 30.0 Å². The summed E-state index contributed by atoms with van der Waals surface area (Å²) in [5.74, 6) is 0.350. The van der Waals surface area contributed by atoms with Crippen molar-refractivity contribution in [3.63, 3.8) is 0 Å². The van der Waals surface area contributed by atoms with Gasteiger partial charge in [-0.3, -0.25) is 4.79 Å². The molecule has 1 aromatic carbocycles. The summed E-state index contributed by atoms with van der Waals surface area (Å²) in [7, 11) is 3.81. The van der Waals surface area contributed by atoms with Crippen LogP contribution in [0.4, 0.5) is 4.79 Å². The third-order valence-corrected chi connectivity index (χ3v) is 5.49. The first-order valence-electron chi connectivity index (χ1n) is 9.73. The van der Waals surface area contributed by atoms with Crippen LogP contribution in [0.1, 0.15) is 62.3 Å². The van der Waals surface area contributed by atoms with E-state index in [4.69, 9.17) is 4.74 Å². The van der Waals surface area contributed by atoms with Gasteiger partial charge in [0.05, 0.1) is 6.04 Å². The minimum absolute atomic E-state index is 0.00215. The molecular formula is C22H28N2O3. The minimum Gasteiger partial charge on any atom is -0.443 e. The molecule has 4 rings (SSSR count). The van der Waals surface area contributed by atoms with Gasteiger partial charge in [0, 0.05) is 31.8 Å². The van der Waals surface area contributed by atoms with Crippen LogP contribution in [-0.2, 0) is 16.0 Å². The quantitative estimate of drug-likeness (QED) is 0.741. The number of imide groups is 1. The van der Waals surface area contributed by atoms with Crippen molar-refractivity contribution in [2.24, 2.45) is 5.92 Å². The summed E-state index contributed by atoms with van der Waals surface area (Å²) in [6.45, 7) is 5.49. The molecule has 1 aromatic rings. The van der Waals surface area contributed by atoms with Crippen molar-refractivity contribution < 1.29 is 14.3 Å². The lowest BCUT2D eigenvalue weighted by Crippen LogP contribution is -2.39. The van der Waals surface area contributed by atoms with E-state index in [1.807, 2.05) is 46.0 Å². The first-order chi connectivity index (χ1) is 12.7. The molecule has 0 spiro atoms. The summed E-state index contributed by atoms with van der Waals surface area (Å²) in [5, 5.41) is 0. The largest absolute Gasteiger partial charge is 0.443 e. The molecule has 5 heteroatoms. The maximum absolute atomic E-state index is 13.2. The number of hydrogen-bond acceptors (Lipinski definition) is 4. The average molecular weight is 368 g/mol. The molecule has 2 unspecified atom stereocenters. The van der Waals surface area contributed by atoms with E-state index < -0.39 is 11.7 Å². The van der Waals surface area contributed by atoms with Crippen molar-refractivity contribution in [3.8, 4) is 0 Å². The van der Waals surface area contributed by atoms with Crippen LogP contribution in [0.25, 0.3) is 0 Å². The second-order valence-corrected chi connectivity index (χ2v) is 9.15. The van der Waals surface area contributed by atoms with Crippen molar-refractivity contribution in [1.29, 1.82) is 0 Å². The zero-order chi connectivity index (χ0) is 19.5. The van der Waals surface area contributed by atoms with E-state index >= 15 is 0 Å². The second-order valence-electron chi connectivity index (χ2n) is 9.15. The molecule has 2 atom stereocenters. The monoisotopic (exact) mass is 368 g/mol. The standard InChI is InChI=1S/C22H28N2O3/c1-22(2,3)27-21(26)24-19-16(17(20(24)25)12-23(4)5)11-14-7-6-8-15(18(14)19)13-9-10-13/h6-8,12-13,16,19H,9-11H2,1-5H3. The van der Waals surface area contributed by atoms with Crippen LogP contribution in [0.3, 0.4) is 0 Å². The minimum atomic E-state index is -0.641. The fourth-order valence-electron chi connectivity index (χ4n) is 4.42. The van der Waals surface area contributed by atoms with Gasteiger partial charge in [-0.15, -0.1) is 0 Å². The summed E-state index contributed by atoms with van der Waals surface area (Å²) in [5.41, 5.74) is 3.82. The van der Waals surface area contributed by atoms with Gasteiger partial charge in [-0.25, -0.2) is 9.69 Å². The summed E-state index contributed by atoms with van der Waals surface area (Å²) >= 11 is 0. The molecule has 1 aliphatic heterocycles. The smallest absolute Gasteiger partial charge is 0.417 e. The molecule has 2 amide bonds. The highest BCUT2D eigenvalue weighted by atomic mass is 16.6. The Morgan fingerprint density at radius 2 is 1.96 bits per heavy atom. The van der Waals surface area contributed by atoms with E-state index in [1.54, 1.807) is 0 Å². The molecule has 0 aromatic heterocycles. The van der Waals surface area contributed by atoms with E-state index in [9.17, 15) is 9.59 Å². The van der Waals surface area contributed by atoms with Crippen molar-refractivity contribution >= 4 is 12.0 Å². The molecule has 2 fully saturated rings. The van der Waals surface area contributed by atoms with Gasteiger partial charge in [0.25, 0.3) is 5.91 Å². The van der Waals surface area contributed by atoms with E-state index in [0.717, 1.165) is 6.42 Å². The predicted molar refractivity (Wildman–Crippen MR) is 103 cm³/mol. The number of fused-ring (bicyclic) bond motifs is 3. The molecule has 1 heterocycles. The summed E-state index contributed by atoms with van der Waals surface area (Å²) < 4.78 is 5.61. The van der Waals surface area contributed by atoms with Gasteiger partial charge in [-0.1, -0.05) is 18.2 Å². The molecular weight excluding hydrogens is 340 g/mol. The molecule has 3 aliphatic rings. The maximum atomic E-state index is 13.2. The zero-order valence-electron chi connectivity index (χ0n) is 16.8. The van der Waals surface area contributed by atoms with Gasteiger partial charge in [0.15, 0.2) is 0 Å². The van der Waals surface area contributed by atoms with Crippen LogP contribution in [0.5, 0.6) is 0 Å². The van der Waals surface area contributed by atoms with Crippen LogP contribution >= 0.6 is 0 Å². The van der Waals surface area contributed by atoms with Crippen LogP contribution in [0, 0.1) is 5.92 Å². The predicted octanol–water partition coefficient (Wildman–Crippen LogP) is 4.00. The molecule has 1 saturated carbocycles. The molecule has 5 nitrogen and oxygen atoms in total. The number of carbonyl (C=O) groups excluding carboxylic acids is 2. The Balaban J connectivity index is 1.81. The highest BCUT2D eigenvalue weighted by Crippen LogP contribution is 2.54. The third kappa shape index (κ3) is 3.13. The summed E-state index contributed by atoms with van der Waals surface area (Å²) in [6.07, 6.45) is 4.50. The topological polar surface area (TPSA) is 49.9 Å². The number of likely N-dealkylation sites (tertiary alicyclic amines) is 1. The van der Waals surface area contributed by atoms with Crippen molar-refractivity contribution in [1.82, 2.24) is 9.80 Å². The first-order valence-corrected chi connectivity index (χ1v) is 9.73. The lowest BCUT2D eigenvalue weighted by atomic mass is 9.94. The van der Waals surface area contributed by atoms with E-state index in [1.165, 1.54) is 34.4 Å². The van der Waals surface area contributed by atoms with Crippen LogP contribution in [-0.4, -0.2) is 41.5 Å². The number of benzene rings is 1. The number of nitrogens with zero attached hydrogens (tertiary/aromatic N) is 2. The lowest BCUT2D eigenvalue weighted by molar-refractivity contribution is -0.125. The molecule has 1 saturated heterocycles. The van der Waals surface area contributed by atoms with Gasteiger partial charge >= 0.3 is 6.09 Å². The summed E-state index contributed by atoms with van der Waals surface area (Å²) in [4.78, 5) is 29.5. The Hall–Kier alpha value is -2.30. The fourth-order valence-corrected chi connectivity index (χ4v) is 4.42. The number of rotatable bonds is 2. The van der Waals surface area contributed by atoms with Gasteiger partial charge in [-0.05, 0) is 62.6 Å². The number of carbonyl (C=O) groups is 2. The molecule has 0 radical (unpaired) electrons. The highest BCUT2D eigenvalue weighted by molar-refractivity contribution is 6.06. The van der Waals surface area contributed by atoms with Gasteiger partial charge in [0.1, 0.15) is 5.60 Å². The van der Waals surface area contributed by atoms with Gasteiger partial charge < -0.3 is 9.64 Å². The molecule has 144 valence electrons. The van der Waals surface area contributed by atoms with Gasteiger partial charge in [-0.2, -0.15) is 0 Å². The number of amides is 2. The third-order valence-electron chi connectivity index (χ3n) is 5.49. The highest BCUT2D eigenvalue weighted by Gasteiger charge is 2.54. The Labute approximate surface area is 161 Å². The molecule has 0 bridgehead atoms. The van der Waals surface area contributed by atoms with Crippen molar-refractivity contribution in [2.45, 2.75) is 57.6 Å². The lowest BCUT2D eigenvalue weighted by Gasteiger charge is -2.28. The number of ether oxygens (including phenoxy) is 1. The Bertz CT molecular complexity index is 830. The van der Waals surface area contributed by atoms with Gasteiger partial charge in [0.2, 0.25) is 0 Å². The molecule has 27 heavy (non-hydrogen) atoms. The van der Waals surface area contributed by atoms with Crippen molar-refractivity contribution in [2.75, 3.05) is 14.1 Å². The van der Waals surface area contributed by atoms with Crippen LogP contribution < -0.4 is 0 Å². The molecule has 0 N–H and O–H groups in total. The second kappa shape index (κ2) is 6.11. The maximum Gasteiger partial charge on any atom is 0.417 e. The van der Waals surface area contributed by atoms with Crippen LogP contribution in [0.2, 0.25) is 0 Å². The SMILES string of the molecule is CN(C)C=C1C(=O)N(C(=O)OC(C)(C)C)C2c3c(cccc3C3CC3)CC12. The van der Waals surface area contributed by atoms with Crippen molar-refractivity contribution in [3.05, 3.63) is 46.7 Å². The Morgan fingerprint density at radius 1 is 1.26 bits per heavy atom. The summed E-state index contributed by atoms with van der Waals surface area (Å²) in [6, 6.07) is 6.18. The van der Waals surface area contributed by atoms with E-state index in [2.05, 4.69) is 18.2 Å².